The average Bonchev–Trinajstić information content (AvgIpc) is 3.57. The Balaban J connectivity index is 0.00000523. The van der Waals surface area contributed by atoms with Gasteiger partial charge < -0.3 is 20.5 Å². The van der Waals surface area contributed by atoms with Crippen LogP contribution in [0.5, 0.6) is 5.75 Å². The topological polar surface area (TPSA) is 120 Å². The maximum atomic E-state index is 15.4. The highest BCUT2D eigenvalue weighted by Gasteiger charge is 2.55. The largest absolute Gasteiger partial charge is 0.509 e. The molecular formula is C33H31ClF8N6O4. The number of nitrogens with one attached hydrogen (secondary N) is 2. The van der Waals surface area contributed by atoms with Gasteiger partial charge in [-0.2, -0.15) is 30.7 Å². The first kappa shape index (κ1) is 38.7. The van der Waals surface area contributed by atoms with E-state index in [4.69, 9.17) is 4.74 Å². The van der Waals surface area contributed by atoms with Crippen LogP contribution in [-0.2, 0) is 28.5 Å². The molecule has 2 fully saturated rings. The number of likely N-dealkylation sites (N-methyl/N-ethyl adjacent to an activating group) is 1. The van der Waals surface area contributed by atoms with Gasteiger partial charge >= 0.3 is 12.4 Å². The van der Waals surface area contributed by atoms with Crippen LogP contribution in [0, 0.1) is 11.6 Å². The van der Waals surface area contributed by atoms with E-state index in [-0.39, 0.29) is 49.2 Å². The third kappa shape index (κ3) is 7.23. The van der Waals surface area contributed by atoms with Crippen LogP contribution in [0.1, 0.15) is 48.9 Å². The number of hydrazine groups is 1. The van der Waals surface area contributed by atoms with Crippen LogP contribution >= 0.6 is 12.4 Å². The summed E-state index contributed by atoms with van der Waals surface area (Å²) in [6.45, 7) is 0.291. The van der Waals surface area contributed by atoms with Crippen LogP contribution < -0.4 is 15.4 Å². The van der Waals surface area contributed by atoms with Crippen molar-refractivity contribution in [3.63, 3.8) is 0 Å². The lowest BCUT2D eigenvalue weighted by Gasteiger charge is -2.54. The number of aromatic nitrogens is 2. The SMILES string of the molecule is CN1N(Cc2ccc(OC[C@@H]3CCCN3)c(F)c2F)C(=O)C(C(=O)Nc2ccc(C(F)(F)F)cc2-c2cc(C(F)(F)F)ncn2)=C(O)C12CCC2.Cl. The summed E-state index contributed by atoms with van der Waals surface area (Å²) >= 11 is 0. The van der Waals surface area contributed by atoms with Crippen LogP contribution in [0.2, 0.25) is 0 Å². The minimum atomic E-state index is -4.98. The lowest BCUT2D eigenvalue weighted by molar-refractivity contribution is -0.172. The zero-order valence-electron chi connectivity index (χ0n) is 27.2. The van der Waals surface area contributed by atoms with E-state index in [0.717, 1.165) is 30.5 Å². The highest BCUT2D eigenvalue weighted by Crippen LogP contribution is 2.47. The molecule has 3 heterocycles. The number of carbonyl (C=O) groups is 2. The van der Waals surface area contributed by atoms with Crippen LogP contribution in [0.4, 0.5) is 40.8 Å². The zero-order chi connectivity index (χ0) is 36.9. The first-order chi connectivity index (χ1) is 24.0. The quantitative estimate of drug-likeness (QED) is 0.174. The molecule has 6 rings (SSSR count). The minimum absolute atomic E-state index is 0. The Bertz CT molecular complexity index is 1900. The number of aliphatic hydroxyl groups excluding tert-OH is 1. The van der Waals surface area contributed by atoms with Crippen LogP contribution in [0.3, 0.4) is 0 Å². The molecule has 0 bridgehead atoms. The first-order valence-corrected chi connectivity index (χ1v) is 15.8. The molecule has 3 N–H and O–H groups in total. The molecule has 19 heteroatoms. The Hall–Kier alpha value is -4.55. The molecule has 0 radical (unpaired) electrons. The van der Waals surface area contributed by atoms with Gasteiger partial charge in [-0.3, -0.25) is 14.6 Å². The number of hydrogen-bond acceptors (Lipinski definition) is 8. The van der Waals surface area contributed by atoms with Crippen LogP contribution in [0.25, 0.3) is 11.3 Å². The number of nitrogens with zero attached hydrogens (tertiary/aromatic N) is 4. The number of alkyl halides is 6. The second kappa shape index (κ2) is 14.5. The predicted molar refractivity (Wildman–Crippen MR) is 171 cm³/mol. The van der Waals surface area contributed by atoms with Crippen molar-refractivity contribution < 1.29 is 54.6 Å². The maximum Gasteiger partial charge on any atom is 0.433 e. The summed E-state index contributed by atoms with van der Waals surface area (Å²) in [4.78, 5) is 34.4. The van der Waals surface area contributed by atoms with Crippen molar-refractivity contribution in [3.8, 4) is 17.0 Å². The summed E-state index contributed by atoms with van der Waals surface area (Å²) in [6.07, 6.45) is -6.68. The Kier molecular flexibility index (Phi) is 10.8. The molecule has 10 nitrogen and oxygen atoms in total. The minimum Gasteiger partial charge on any atom is -0.509 e. The molecule has 1 aromatic heterocycles. The van der Waals surface area contributed by atoms with Crippen molar-refractivity contribution in [1.29, 1.82) is 0 Å². The standard InChI is InChI=1S/C33H30F8N6O4.ClH/c1-46-31(9-3-10-31)28(48)25(30(50)47(46)14-17-5-8-23(27(35)26(17)34)51-15-19-4-2-11-42-19)29(49)45-21-7-6-18(32(36,37)38)12-20(21)22-13-24(33(39,40)41)44-16-43-22;/h5-8,12-13,16,19,42,48H,2-4,9-11,14-15H2,1H3,(H,45,49);1H/t19-;/m0./s1. The Labute approximate surface area is 297 Å². The Morgan fingerprint density at radius 3 is 2.38 bits per heavy atom. The molecule has 1 saturated heterocycles. The molecule has 0 unspecified atom stereocenters. The summed E-state index contributed by atoms with van der Waals surface area (Å²) in [5.41, 5.74) is -6.89. The number of halogens is 9. The smallest absolute Gasteiger partial charge is 0.433 e. The highest BCUT2D eigenvalue weighted by molar-refractivity contribution is 6.24. The number of anilines is 1. The number of amides is 2. The average molecular weight is 763 g/mol. The van der Waals surface area contributed by atoms with E-state index in [0.29, 0.717) is 30.9 Å². The molecule has 2 amide bonds. The lowest BCUT2D eigenvalue weighted by Crippen LogP contribution is -2.65. The van der Waals surface area contributed by atoms with E-state index in [1.54, 1.807) is 0 Å². The normalized spacial score (nSPS) is 19.1. The van der Waals surface area contributed by atoms with Gasteiger partial charge in [0.05, 0.1) is 29.0 Å². The maximum absolute atomic E-state index is 15.4. The van der Waals surface area contributed by atoms with E-state index < -0.39 is 87.4 Å². The predicted octanol–water partition coefficient (Wildman–Crippen LogP) is 6.57. The summed E-state index contributed by atoms with van der Waals surface area (Å²) in [7, 11) is 1.42. The van der Waals surface area contributed by atoms with Gasteiger partial charge in [0, 0.05) is 24.2 Å². The highest BCUT2D eigenvalue weighted by atomic mass is 35.5. The van der Waals surface area contributed by atoms with Gasteiger partial charge in [0.2, 0.25) is 5.82 Å². The fraction of sp³-hybridized carbons (Fsp3) is 0.394. The van der Waals surface area contributed by atoms with Crippen molar-refractivity contribution in [2.75, 3.05) is 25.5 Å². The molecular weight excluding hydrogens is 732 g/mol. The number of carbonyl (C=O) groups excluding carboxylic acids is 2. The molecule has 1 aliphatic carbocycles. The fourth-order valence-electron chi connectivity index (χ4n) is 6.38. The van der Waals surface area contributed by atoms with E-state index in [1.807, 2.05) is 0 Å². The van der Waals surface area contributed by atoms with Crippen molar-refractivity contribution in [1.82, 2.24) is 25.3 Å². The lowest BCUT2D eigenvalue weighted by atomic mass is 9.72. The van der Waals surface area contributed by atoms with E-state index >= 15 is 8.78 Å². The second-order valence-electron chi connectivity index (χ2n) is 12.4. The summed E-state index contributed by atoms with van der Waals surface area (Å²) in [5.74, 6) is -6.08. The van der Waals surface area contributed by atoms with Gasteiger partial charge in [-0.05, 0) is 69.0 Å². The summed E-state index contributed by atoms with van der Waals surface area (Å²) < 4.78 is 117. The molecule has 1 saturated carbocycles. The third-order valence-corrected chi connectivity index (χ3v) is 9.39. The monoisotopic (exact) mass is 762 g/mol. The first-order valence-electron chi connectivity index (χ1n) is 15.8. The molecule has 280 valence electrons. The van der Waals surface area contributed by atoms with Crippen LogP contribution in [-0.4, -0.2) is 68.7 Å². The number of hydrogen-bond donors (Lipinski definition) is 3. The fourth-order valence-corrected chi connectivity index (χ4v) is 6.38. The van der Waals surface area contributed by atoms with Crippen molar-refractivity contribution in [3.05, 3.63) is 82.5 Å². The van der Waals surface area contributed by atoms with Gasteiger partial charge in [-0.25, -0.2) is 19.4 Å². The van der Waals surface area contributed by atoms with Gasteiger partial charge in [0.25, 0.3) is 11.8 Å². The molecule has 1 spiro atoms. The van der Waals surface area contributed by atoms with Crippen LogP contribution in [0.15, 0.2) is 54.1 Å². The zero-order valence-corrected chi connectivity index (χ0v) is 28.0. The molecule has 2 aromatic carbocycles. The van der Waals surface area contributed by atoms with Gasteiger partial charge in [0.15, 0.2) is 11.6 Å². The van der Waals surface area contributed by atoms with E-state index in [9.17, 15) is 41.0 Å². The molecule has 3 aliphatic rings. The number of rotatable bonds is 8. The number of benzene rings is 2. The van der Waals surface area contributed by atoms with Crippen molar-refractivity contribution in [2.24, 2.45) is 0 Å². The Morgan fingerprint density at radius 2 is 1.77 bits per heavy atom. The molecule has 2 aliphatic heterocycles. The van der Waals surface area contributed by atoms with Gasteiger partial charge in [-0.15, -0.1) is 12.4 Å². The van der Waals surface area contributed by atoms with Gasteiger partial charge in [0.1, 0.15) is 30.0 Å². The third-order valence-electron chi connectivity index (χ3n) is 9.39. The Morgan fingerprint density at radius 1 is 1.04 bits per heavy atom. The summed E-state index contributed by atoms with van der Waals surface area (Å²) in [5, 5.41) is 19.0. The molecule has 1 atom stereocenters. The second-order valence-corrected chi connectivity index (χ2v) is 12.4. The number of aliphatic hydroxyl groups is 1. The van der Waals surface area contributed by atoms with Crippen molar-refractivity contribution >= 4 is 29.9 Å². The van der Waals surface area contributed by atoms with Crippen molar-refractivity contribution in [2.45, 2.75) is 62.6 Å². The van der Waals surface area contributed by atoms with E-state index in [2.05, 4.69) is 20.6 Å². The van der Waals surface area contributed by atoms with Gasteiger partial charge in [-0.1, -0.05) is 6.07 Å². The van der Waals surface area contributed by atoms with E-state index in [1.165, 1.54) is 24.2 Å². The number of ether oxygens (including phenoxy) is 1. The molecule has 3 aromatic rings. The summed E-state index contributed by atoms with van der Waals surface area (Å²) in [6, 6.07) is 4.59. The molecule has 52 heavy (non-hydrogen) atoms.